The van der Waals surface area contributed by atoms with Crippen molar-refractivity contribution in [3.05, 3.63) is 78.6 Å². The number of fused-ring (bicyclic) bond motifs is 1. The summed E-state index contributed by atoms with van der Waals surface area (Å²) < 4.78 is 14.3. The van der Waals surface area contributed by atoms with Gasteiger partial charge in [0.2, 0.25) is 0 Å². The number of H-pyrrole nitrogens is 2. The topological polar surface area (TPSA) is 82.3 Å². The second-order valence-electron chi connectivity index (χ2n) is 6.83. The summed E-state index contributed by atoms with van der Waals surface area (Å²) in [6.45, 7) is 2.01. The molecule has 3 heterocycles. The number of anilines is 2. The monoisotopic (exact) mass is 384 g/mol. The Hall–Kier alpha value is -4.00. The van der Waals surface area contributed by atoms with Gasteiger partial charge in [-0.05, 0) is 42.1 Å². The lowest BCUT2D eigenvalue weighted by Crippen LogP contribution is -2.00. The van der Waals surface area contributed by atoms with Gasteiger partial charge in [-0.3, -0.25) is 5.10 Å². The third kappa shape index (κ3) is 3.34. The second-order valence-corrected chi connectivity index (χ2v) is 6.83. The quantitative estimate of drug-likeness (QED) is 0.397. The molecular weight excluding hydrogens is 367 g/mol. The van der Waals surface area contributed by atoms with Crippen LogP contribution in [0.4, 0.5) is 15.9 Å². The molecule has 6 nitrogen and oxygen atoms in total. The van der Waals surface area contributed by atoms with Gasteiger partial charge in [-0.1, -0.05) is 24.3 Å². The molecule has 7 heteroatoms. The maximum Gasteiger partial charge on any atom is 0.184 e. The van der Waals surface area contributed by atoms with Crippen molar-refractivity contribution in [2.75, 3.05) is 5.32 Å². The number of nitrogens with one attached hydrogen (secondary N) is 3. The minimum atomic E-state index is -0.510. The molecule has 3 aromatic heterocycles. The molecule has 5 aromatic rings. The van der Waals surface area contributed by atoms with Crippen molar-refractivity contribution in [3.8, 4) is 22.5 Å². The van der Waals surface area contributed by atoms with Gasteiger partial charge in [-0.15, -0.1) is 0 Å². The summed E-state index contributed by atoms with van der Waals surface area (Å²) in [4.78, 5) is 11.9. The maximum absolute atomic E-state index is 14.3. The highest BCUT2D eigenvalue weighted by Gasteiger charge is 2.10. The molecule has 2 aromatic carbocycles. The summed E-state index contributed by atoms with van der Waals surface area (Å²) in [5, 5.41) is 10.9. The fraction of sp³-hybridized carbons (Fsp3) is 0.0455. The number of hydrogen-bond acceptors (Lipinski definition) is 4. The molecule has 0 amide bonds. The summed E-state index contributed by atoms with van der Waals surface area (Å²) in [7, 11) is 0. The van der Waals surface area contributed by atoms with E-state index in [1.165, 1.54) is 6.20 Å². The second kappa shape index (κ2) is 6.87. The molecule has 3 N–H and O–H groups in total. The summed E-state index contributed by atoms with van der Waals surface area (Å²) >= 11 is 0. The fourth-order valence-electron chi connectivity index (χ4n) is 3.30. The number of aromatic nitrogens is 5. The number of hydrogen-bond donors (Lipinski definition) is 3. The smallest absolute Gasteiger partial charge is 0.184 e. The first-order valence-corrected chi connectivity index (χ1v) is 9.14. The van der Waals surface area contributed by atoms with Gasteiger partial charge >= 0.3 is 0 Å². The van der Waals surface area contributed by atoms with Crippen LogP contribution in [-0.2, 0) is 0 Å². The molecule has 0 saturated carbocycles. The highest BCUT2D eigenvalue weighted by Crippen LogP contribution is 2.26. The van der Waals surface area contributed by atoms with E-state index >= 15 is 0 Å². The van der Waals surface area contributed by atoms with E-state index in [2.05, 4.69) is 36.5 Å². The van der Waals surface area contributed by atoms with Crippen molar-refractivity contribution in [2.45, 2.75) is 6.92 Å². The van der Waals surface area contributed by atoms with Gasteiger partial charge in [0.15, 0.2) is 17.5 Å². The maximum atomic E-state index is 14.3. The van der Waals surface area contributed by atoms with Crippen molar-refractivity contribution in [1.29, 1.82) is 0 Å². The van der Waals surface area contributed by atoms with E-state index in [1.54, 1.807) is 6.20 Å². The molecule has 0 aliphatic rings. The predicted molar refractivity (Wildman–Crippen MR) is 111 cm³/mol. The minimum Gasteiger partial charge on any atom is -0.359 e. The van der Waals surface area contributed by atoms with Crippen molar-refractivity contribution in [2.24, 2.45) is 0 Å². The molecule has 0 atom stereocenters. The van der Waals surface area contributed by atoms with Crippen LogP contribution in [-0.4, -0.2) is 25.1 Å². The van der Waals surface area contributed by atoms with E-state index in [1.807, 2.05) is 55.6 Å². The zero-order valence-electron chi connectivity index (χ0n) is 15.6. The van der Waals surface area contributed by atoms with E-state index in [4.69, 9.17) is 0 Å². The summed E-state index contributed by atoms with van der Waals surface area (Å²) in [5.74, 6) is 0.0800. The van der Waals surface area contributed by atoms with Gasteiger partial charge in [0.05, 0.1) is 12.4 Å². The summed E-state index contributed by atoms with van der Waals surface area (Å²) in [6, 6.07) is 15.6. The Balaban J connectivity index is 1.44. The molecule has 142 valence electrons. The van der Waals surface area contributed by atoms with E-state index in [9.17, 15) is 4.39 Å². The predicted octanol–water partition coefficient (Wildman–Crippen LogP) is 5.21. The molecule has 0 saturated heterocycles. The Morgan fingerprint density at radius 2 is 1.76 bits per heavy atom. The molecule has 0 unspecified atom stereocenters. The third-order valence-corrected chi connectivity index (χ3v) is 4.74. The molecule has 0 aliphatic carbocycles. The Labute approximate surface area is 165 Å². The van der Waals surface area contributed by atoms with Crippen molar-refractivity contribution >= 4 is 22.4 Å². The van der Waals surface area contributed by atoms with Crippen LogP contribution in [0.1, 0.15) is 5.69 Å². The number of aromatic amines is 2. The Morgan fingerprint density at radius 3 is 2.55 bits per heavy atom. The zero-order chi connectivity index (χ0) is 19.8. The fourth-order valence-corrected chi connectivity index (χ4v) is 3.30. The summed E-state index contributed by atoms with van der Waals surface area (Å²) in [6.07, 6.45) is 4.76. The van der Waals surface area contributed by atoms with Crippen LogP contribution in [0.5, 0.6) is 0 Å². The average Bonchev–Trinajstić information content (AvgIpc) is 3.38. The SMILES string of the molecule is Cc1cc2ccc(-c3ncc(F)c(Nc4ccc(-c5cn[nH]c5)cc4)n3)cc2[nH]1. The van der Waals surface area contributed by atoms with E-state index in [-0.39, 0.29) is 5.82 Å². The normalized spacial score (nSPS) is 11.1. The number of aryl methyl sites for hydroxylation is 1. The van der Waals surface area contributed by atoms with Crippen LogP contribution in [0.3, 0.4) is 0 Å². The van der Waals surface area contributed by atoms with Gasteiger partial charge in [0.25, 0.3) is 0 Å². The Kier molecular flexibility index (Phi) is 4.05. The molecule has 5 rings (SSSR count). The van der Waals surface area contributed by atoms with Gasteiger partial charge in [-0.2, -0.15) is 5.10 Å². The molecule has 0 fully saturated rings. The first kappa shape index (κ1) is 17.1. The van der Waals surface area contributed by atoms with Crippen LogP contribution in [0, 0.1) is 12.7 Å². The lowest BCUT2D eigenvalue weighted by atomic mass is 10.1. The van der Waals surface area contributed by atoms with Gasteiger partial charge < -0.3 is 10.3 Å². The number of nitrogens with zero attached hydrogens (tertiary/aromatic N) is 3. The third-order valence-electron chi connectivity index (χ3n) is 4.74. The molecule has 0 spiro atoms. The largest absolute Gasteiger partial charge is 0.359 e. The van der Waals surface area contributed by atoms with Crippen molar-refractivity contribution < 1.29 is 4.39 Å². The standard InChI is InChI=1S/C22H17FN6/c1-13-8-15-2-3-16(9-20(15)27-13)21-24-12-19(23)22(29-21)28-18-6-4-14(5-7-18)17-10-25-26-11-17/h2-12,27H,1H3,(H,25,26)(H,24,28,29). The van der Waals surface area contributed by atoms with E-state index in [0.29, 0.717) is 5.82 Å². The van der Waals surface area contributed by atoms with Crippen molar-refractivity contribution in [1.82, 2.24) is 25.1 Å². The van der Waals surface area contributed by atoms with Crippen LogP contribution >= 0.6 is 0 Å². The first-order valence-electron chi connectivity index (χ1n) is 9.14. The molecular formula is C22H17FN6. The number of rotatable bonds is 4. The van der Waals surface area contributed by atoms with Crippen LogP contribution in [0.15, 0.2) is 67.1 Å². The Bertz CT molecular complexity index is 1290. The first-order chi connectivity index (χ1) is 14.2. The van der Waals surface area contributed by atoms with E-state index < -0.39 is 5.82 Å². The van der Waals surface area contributed by atoms with Gasteiger partial charge in [0.1, 0.15) is 0 Å². The average molecular weight is 384 g/mol. The lowest BCUT2D eigenvalue weighted by molar-refractivity contribution is 0.619. The van der Waals surface area contributed by atoms with Crippen LogP contribution in [0.2, 0.25) is 0 Å². The molecule has 0 bridgehead atoms. The van der Waals surface area contributed by atoms with Gasteiger partial charge in [0, 0.05) is 34.2 Å². The van der Waals surface area contributed by atoms with Crippen LogP contribution in [0.25, 0.3) is 33.4 Å². The summed E-state index contributed by atoms with van der Waals surface area (Å²) in [5.41, 5.74) is 5.63. The van der Waals surface area contributed by atoms with Crippen molar-refractivity contribution in [3.63, 3.8) is 0 Å². The highest BCUT2D eigenvalue weighted by atomic mass is 19.1. The molecule has 0 radical (unpaired) electrons. The Morgan fingerprint density at radius 1 is 0.931 bits per heavy atom. The highest BCUT2D eigenvalue weighted by molar-refractivity contribution is 5.84. The van der Waals surface area contributed by atoms with Crippen LogP contribution < -0.4 is 5.32 Å². The minimum absolute atomic E-state index is 0.133. The molecule has 0 aliphatic heterocycles. The lowest BCUT2D eigenvalue weighted by Gasteiger charge is -2.09. The number of halogens is 1. The molecule has 29 heavy (non-hydrogen) atoms. The van der Waals surface area contributed by atoms with E-state index in [0.717, 1.165) is 39.0 Å². The zero-order valence-corrected chi connectivity index (χ0v) is 15.6. The van der Waals surface area contributed by atoms with Gasteiger partial charge in [-0.25, -0.2) is 14.4 Å². The number of benzene rings is 2.